The summed E-state index contributed by atoms with van der Waals surface area (Å²) >= 11 is 0. The van der Waals surface area contributed by atoms with Crippen LogP contribution in [0.3, 0.4) is 0 Å². The molecule has 0 aliphatic carbocycles. The Morgan fingerprint density at radius 3 is 2.34 bits per heavy atom. The second-order valence-corrected chi connectivity index (χ2v) is 11.2. The fourth-order valence-electron chi connectivity index (χ4n) is 5.55. The molecule has 1 saturated heterocycles. The smallest absolute Gasteiger partial charge is 0.416 e. The molecule has 242 valence electrons. The summed E-state index contributed by atoms with van der Waals surface area (Å²) < 4.78 is 51.5. The van der Waals surface area contributed by atoms with Gasteiger partial charge in [-0.15, -0.1) is 0 Å². The number of aromatic nitrogens is 2. The Kier molecular flexibility index (Phi) is 8.86. The second-order valence-electron chi connectivity index (χ2n) is 11.2. The lowest BCUT2D eigenvalue weighted by Gasteiger charge is -2.34. The van der Waals surface area contributed by atoms with E-state index >= 15 is 0 Å². The van der Waals surface area contributed by atoms with Gasteiger partial charge in [-0.3, -0.25) is 14.5 Å². The average Bonchev–Trinajstić information content (AvgIpc) is 3.40. The van der Waals surface area contributed by atoms with E-state index in [0.717, 1.165) is 60.6 Å². The fourth-order valence-corrected chi connectivity index (χ4v) is 5.55. The molecule has 3 aromatic carbocycles. The van der Waals surface area contributed by atoms with Crippen LogP contribution < -0.4 is 14.8 Å². The van der Waals surface area contributed by atoms with Crippen LogP contribution in [0, 0.1) is 0 Å². The first-order chi connectivity index (χ1) is 22.6. The highest BCUT2D eigenvalue weighted by Crippen LogP contribution is 2.30. The molecule has 12 heteroatoms. The zero-order valence-electron chi connectivity index (χ0n) is 25.8. The van der Waals surface area contributed by atoms with E-state index in [1.165, 1.54) is 11.8 Å². The number of methoxy groups -OCH3 is 1. The summed E-state index contributed by atoms with van der Waals surface area (Å²) in [5.41, 5.74) is 2.25. The van der Waals surface area contributed by atoms with E-state index in [0.29, 0.717) is 30.2 Å². The Morgan fingerprint density at radius 1 is 0.894 bits per heavy atom. The number of piperazine rings is 1. The lowest BCUT2D eigenvalue weighted by Crippen LogP contribution is -2.48. The quantitative estimate of drug-likeness (QED) is 0.205. The van der Waals surface area contributed by atoms with Crippen LogP contribution in [0.2, 0.25) is 0 Å². The van der Waals surface area contributed by atoms with Gasteiger partial charge in [0.05, 0.1) is 24.6 Å². The number of fused-ring (bicyclic) bond motifs is 1. The molecule has 2 aromatic heterocycles. The number of carbonyl (C=O) groups is 2. The molecule has 0 saturated carbocycles. The molecule has 9 nitrogen and oxygen atoms in total. The summed E-state index contributed by atoms with van der Waals surface area (Å²) in [5, 5.41) is 3.45. The van der Waals surface area contributed by atoms with Crippen LogP contribution >= 0.6 is 0 Å². The summed E-state index contributed by atoms with van der Waals surface area (Å²) in [6, 6.07) is 22.5. The normalized spacial score (nSPS) is 13.9. The van der Waals surface area contributed by atoms with E-state index in [1.807, 2.05) is 52.9 Å². The first-order valence-corrected chi connectivity index (χ1v) is 14.9. The van der Waals surface area contributed by atoms with Crippen molar-refractivity contribution >= 4 is 28.4 Å². The number of aryl methyl sites for hydroxylation is 1. The molecule has 0 spiro atoms. The van der Waals surface area contributed by atoms with Crippen LogP contribution in [-0.4, -0.2) is 64.5 Å². The molecule has 0 radical (unpaired) electrons. The number of carbonyl (C=O) groups excluding carboxylic acids is 2. The maximum Gasteiger partial charge on any atom is 0.416 e. The molecule has 0 unspecified atom stereocenters. The van der Waals surface area contributed by atoms with Crippen LogP contribution in [0.15, 0.2) is 91.1 Å². The standard InChI is InChI=1S/C35H32F3N5O4/c1-41-30-12-11-29(47-32-13-10-27(21-39-32)40-33(44)24-6-8-26(9-7-24)35(36,37)38)19-25(30)20-31(41)34(45)43-16-14-42(15-17-43)22-23-4-3-5-28(18-23)46-2/h3-13,18-21H,14-17,22H2,1-2H3,(H,40,44). The minimum absolute atomic E-state index is 0.0252. The first kappa shape index (κ1) is 31.6. The monoisotopic (exact) mass is 643 g/mol. The Hall–Kier alpha value is -5.36. The molecule has 0 atom stereocenters. The Labute approximate surface area is 269 Å². The third-order valence-corrected chi connectivity index (χ3v) is 8.12. The van der Waals surface area contributed by atoms with Crippen molar-refractivity contribution < 1.29 is 32.2 Å². The van der Waals surface area contributed by atoms with E-state index in [1.54, 1.807) is 25.3 Å². The highest BCUT2D eigenvalue weighted by molar-refractivity contribution is 6.04. The van der Waals surface area contributed by atoms with Gasteiger partial charge in [0.15, 0.2) is 0 Å². The zero-order chi connectivity index (χ0) is 33.1. The minimum Gasteiger partial charge on any atom is -0.497 e. The van der Waals surface area contributed by atoms with Crippen LogP contribution in [-0.2, 0) is 19.8 Å². The van der Waals surface area contributed by atoms with Crippen molar-refractivity contribution in [3.63, 3.8) is 0 Å². The number of anilines is 1. The number of amides is 2. The summed E-state index contributed by atoms with van der Waals surface area (Å²) in [5.74, 6) is 1.03. The van der Waals surface area contributed by atoms with Gasteiger partial charge < -0.3 is 24.3 Å². The molecule has 5 aromatic rings. The van der Waals surface area contributed by atoms with E-state index in [4.69, 9.17) is 9.47 Å². The van der Waals surface area contributed by atoms with E-state index in [-0.39, 0.29) is 17.4 Å². The number of ether oxygens (including phenoxy) is 2. The molecule has 0 bridgehead atoms. The molecule has 3 heterocycles. The fraction of sp³-hybridized carbons (Fsp3) is 0.229. The minimum atomic E-state index is -4.48. The van der Waals surface area contributed by atoms with Crippen LogP contribution in [0.1, 0.15) is 32.0 Å². The lowest BCUT2D eigenvalue weighted by atomic mass is 10.1. The van der Waals surface area contributed by atoms with Crippen LogP contribution in [0.25, 0.3) is 10.9 Å². The zero-order valence-corrected chi connectivity index (χ0v) is 25.8. The predicted octanol–water partition coefficient (Wildman–Crippen LogP) is 6.60. The van der Waals surface area contributed by atoms with Gasteiger partial charge in [0.1, 0.15) is 17.2 Å². The van der Waals surface area contributed by atoms with Crippen molar-refractivity contribution in [2.24, 2.45) is 7.05 Å². The molecule has 6 rings (SSSR count). The Balaban J connectivity index is 1.06. The number of rotatable bonds is 8. The first-order valence-electron chi connectivity index (χ1n) is 14.9. The van der Waals surface area contributed by atoms with Crippen molar-refractivity contribution in [3.05, 3.63) is 114 Å². The number of alkyl halides is 3. The topological polar surface area (TPSA) is 88.9 Å². The van der Waals surface area contributed by atoms with Crippen molar-refractivity contribution in [1.82, 2.24) is 19.4 Å². The number of benzene rings is 3. The molecule has 2 amide bonds. The molecular formula is C35H32F3N5O4. The van der Waals surface area contributed by atoms with Gasteiger partial charge >= 0.3 is 6.18 Å². The highest BCUT2D eigenvalue weighted by atomic mass is 19.4. The second kappa shape index (κ2) is 13.2. The molecule has 1 N–H and O–H groups in total. The van der Waals surface area contributed by atoms with Gasteiger partial charge in [-0.1, -0.05) is 12.1 Å². The molecule has 47 heavy (non-hydrogen) atoms. The van der Waals surface area contributed by atoms with Crippen LogP contribution in [0.4, 0.5) is 18.9 Å². The third-order valence-electron chi connectivity index (χ3n) is 8.12. The Bertz CT molecular complexity index is 1900. The summed E-state index contributed by atoms with van der Waals surface area (Å²) in [6.07, 6.45) is -3.08. The van der Waals surface area contributed by atoms with Gasteiger partial charge in [-0.25, -0.2) is 4.98 Å². The highest BCUT2D eigenvalue weighted by Gasteiger charge is 2.30. The van der Waals surface area contributed by atoms with Crippen molar-refractivity contribution in [2.45, 2.75) is 12.7 Å². The summed E-state index contributed by atoms with van der Waals surface area (Å²) in [6.45, 7) is 3.60. The number of hydrogen-bond donors (Lipinski definition) is 1. The van der Waals surface area contributed by atoms with Crippen molar-refractivity contribution in [3.8, 4) is 17.4 Å². The largest absolute Gasteiger partial charge is 0.497 e. The number of hydrogen-bond acceptors (Lipinski definition) is 6. The summed E-state index contributed by atoms with van der Waals surface area (Å²) in [4.78, 5) is 34.4. The van der Waals surface area contributed by atoms with E-state index in [9.17, 15) is 22.8 Å². The maximum absolute atomic E-state index is 13.5. The van der Waals surface area contributed by atoms with Crippen LogP contribution in [0.5, 0.6) is 17.4 Å². The lowest BCUT2D eigenvalue weighted by molar-refractivity contribution is -0.137. The van der Waals surface area contributed by atoms with Crippen molar-refractivity contribution in [2.75, 3.05) is 38.6 Å². The maximum atomic E-state index is 13.5. The van der Waals surface area contributed by atoms with Crippen molar-refractivity contribution in [1.29, 1.82) is 0 Å². The number of halogens is 3. The van der Waals surface area contributed by atoms with Gasteiger partial charge in [-0.2, -0.15) is 13.2 Å². The van der Waals surface area contributed by atoms with E-state index in [2.05, 4.69) is 21.3 Å². The number of pyridine rings is 1. The third kappa shape index (κ3) is 7.23. The SMILES string of the molecule is COc1cccc(CN2CCN(C(=O)c3cc4cc(Oc5ccc(NC(=O)c6ccc(C(F)(F)F)cc6)cn5)ccc4n3C)CC2)c1. The predicted molar refractivity (Wildman–Crippen MR) is 171 cm³/mol. The molecular weight excluding hydrogens is 611 g/mol. The summed E-state index contributed by atoms with van der Waals surface area (Å²) in [7, 11) is 3.53. The molecule has 1 aliphatic heterocycles. The van der Waals surface area contributed by atoms with E-state index < -0.39 is 17.6 Å². The number of nitrogens with zero attached hydrogens (tertiary/aromatic N) is 4. The average molecular weight is 644 g/mol. The van der Waals surface area contributed by atoms with Gasteiger partial charge in [0.2, 0.25) is 5.88 Å². The number of nitrogens with one attached hydrogen (secondary N) is 1. The van der Waals surface area contributed by atoms with Gasteiger partial charge in [0, 0.05) is 62.3 Å². The Morgan fingerprint density at radius 2 is 1.66 bits per heavy atom. The van der Waals surface area contributed by atoms with Gasteiger partial charge in [0.25, 0.3) is 11.8 Å². The van der Waals surface area contributed by atoms with Gasteiger partial charge in [-0.05, 0) is 72.3 Å². The molecule has 1 fully saturated rings. The molecule has 1 aliphatic rings.